The summed E-state index contributed by atoms with van der Waals surface area (Å²) in [5.41, 5.74) is 2.09. The van der Waals surface area contributed by atoms with Gasteiger partial charge in [-0.1, -0.05) is 32.0 Å². The minimum Gasteiger partial charge on any atom is -0.311 e. The zero-order chi connectivity index (χ0) is 18.0. The molecule has 2 aromatic rings. The van der Waals surface area contributed by atoms with E-state index >= 15 is 0 Å². The van der Waals surface area contributed by atoms with Gasteiger partial charge >= 0.3 is 0 Å². The zero-order valence-electron chi connectivity index (χ0n) is 14.8. The molecule has 6 heteroatoms. The van der Waals surface area contributed by atoms with E-state index in [9.17, 15) is 9.59 Å². The second-order valence-electron chi connectivity index (χ2n) is 6.54. The van der Waals surface area contributed by atoms with Crippen LogP contribution in [0.25, 0.3) is 0 Å². The molecule has 1 aliphatic heterocycles. The highest BCUT2D eigenvalue weighted by molar-refractivity contribution is 7.15. The third-order valence-electron chi connectivity index (χ3n) is 4.72. The molecular formula is C19H23N3O2S. The van der Waals surface area contributed by atoms with Gasteiger partial charge in [-0.3, -0.25) is 9.59 Å². The SMILES string of the molecule is CC[C@@H](C)c1ccccc1N1C[C@@H](C(=O)Nc2ncc(C)s2)CC1=O. The maximum Gasteiger partial charge on any atom is 0.231 e. The smallest absolute Gasteiger partial charge is 0.231 e. The molecule has 0 unspecified atom stereocenters. The molecule has 3 rings (SSSR count). The van der Waals surface area contributed by atoms with Gasteiger partial charge in [0.1, 0.15) is 0 Å². The fraction of sp³-hybridized carbons (Fsp3) is 0.421. The first-order valence-corrected chi connectivity index (χ1v) is 9.43. The van der Waals surface area contributed by atoms with Crippen molar-refractivity contribution in [2.24, 2.45) is 5.92 Å². The van der Waals surface area contributed by atoms with Crippen LogP contribution in [-0.4, -0.2) is 23.3 Å². The Labute approximate surface area is 152 Å². The highest BCUT2D eigenvalue weighted by Gasteiger charge is 2.36. The molecule has 0 aliphatic carbocycles. The van der Waals surface area contributed by atoms with Crippen LogP contribution in [0.4, 0.5) is 10.8 Å². The highest BCUT2D eigenvalue weighted by Crippen LogP contribution is 2.33. The van der Waals surface area contributed by atoms with Gasteiger partial charge in [0.05, 0.1) is 5.92 Å². The van der Waals surface area contributed by atoms with Crippen molar-refractivity contribution >= 4 is 34.0 Å². The zero-order valence-corrected chi connectivity index (χ0v) is 15.6. The van der Waals surface area contributed by atoms with Crippen LogP contribution in [0.5, 0.6) is 0 Å². The summed E-state index contributed by atoms with van der Waals surface area (Å²) in [4.78, 5) is 32.0. The summed E-state index contributed by atoms with van der Waals surface area (Å²) in [6, 6.07) is 7.99. The number of amides is 2. The van der Waals surface area contributed by atoms with E-state index in [0.29, 0.717) is 17.6 Å². The molecule has 0 bridgehead atoms. The van der Waals surface area contributed by atoms with E-state index in [1.165, 1.54) is 11.3 Å². The molecule has 1 aromatic carbocycles. The standard InChI is InChI=1S/C19H23N3O2S/c1-4-12(2)15-7-5-6-8-16(15)22-11-14(9-17(22)23)18(24)21-19-20-10-13(3)25-19/h5-8,10,12,14H,4,9,11H2,1-3H3,(H,20,21,24)/t12-,14+/m1/s1. The molecule has 1 saturated heterocycles. The predicted octanol–water partition coefficient (Wildman–Crippen LogP) is 3.96. The monoisotopic (exact) mass is 357 g/mol. The molecular weight excluding hydrogens is 334 g/mol. The van der Waals surface area contributed by atoms with Gasteiger partial charge in [0, 0.05) is 29.7 Å². The van der Waals surface area contributed by atoms with Crippen molar-refractivity contribution in [2.45, 2.75) is 39.5 Å². The van der Waals surface area contributed by atoms with Gasteiger partial charge in [0.15, 0.2) is 5.13 Å². The molecule has 5 nitrogen and oxygen atoms in total. The normalized spacial score (nSPS) is 18.4. The van der Waals surface area contributed by atoms with Gasteiger partial charge < -0.3 is 10.2 Å². The van der Waals surface area contributed by atoms with E-state index < -0.39 is 0 Å². The molecule has 1 N–H and O–H groups in total. The van der Waals surface area contributed by atoms with Crippen molar-refractivity contribution in [2.75, 3.05) is 16.8 Å². The van der Waals surface area contributed by atoms with E-state index in [2.05, 4.69) is 30.2 Å². The summed E-state index contributed by atoms with van der Waals surface area (Å²) in [5.74, 6) is -0.102. The summed E-state index contributed by atoms with van der Waals surface area (Å²) in [6.45, 7) is 6.66. The third kappa shape index (κ3) is 3.74. The van der Waals surface area contributed by atoms with Crippen LogP contribution in [-0.2, 0) is 9.59 Å². The van der Waals surface area contributed by atoms with Crippen molar-refractivity contribution in [3.05, 3.63) is 40.9 Å². The van der Waals surface area contributed by atoms with Crippen molar-refractivity contribution in [1.82, 2.24) is 4.98 Å². The van der Waals surface area contributed by atoms with E-state index in [4.69, 9.17) is 0 Å². The molecule has 2 heterocycles. The van der Waals surface area contributed by atoms with Crippen LogP contribution in [0.2, 0.25) is 0 Å². The van der Waals surface area contributed by atoms with Crippen LogP contribution in [0.15, 0.2) is 30.5 Å². The lowest BCUT2D eigenvalue weighted by atomic mass is 9.96. The minimum absolute atomic E-state index is 0.00576. The van der Waals surface area contributed by atoms with Gasteiger partial charge in [0.2, 0.25) is 11.8 Å². The first-order valence-electron chi connectivity index (χ1n) is 8.62. The van der Waals surface area contributed by atoms with Crippen LogP contribution in [0, 0.1) is 12.8 Å². The first kappa shape index (κ1) is 17.6. The number of nitrogens with one attached hydrogen (secondary N) is 1. The lowest BCUT2D eigenvalue weighted by Crippen LogP contribution is -2.29. The maximum atomic E-state index is 12.5. The quantitative estimate of drug-likeness (QED) is 0.881. The molecule has 0 saturated carbocycles. The number of aromatic nitrogens is 1. The maximum absolute atomic E-state index is 12.5. The first-order chi connectivity index (χ1) is 12.0. The fourth-order valence-electron chi connectivity index (χ4n) is 3.11. The number of thiazole rings is 1. The Kier molecular flexibility index (Phi) is 5.18. The molecule has 132 valence electrons. The molecule has 1 aliphatic rings. The molecule has 1 fully saturated rings. The molecule has 2 atom stereocenters. The number of benzene rings is 1. The summed E-state index contributed by atoms with van der Waals surface area (Å²) in [6.07, 6.45) is 2.98. The minimum atomic E-state index is -0.346. The summed E-state index contributed by atoms with van der Waals surface area (Å²) >= 11 is 1.44. The number of para-hydroxylation sites is 1. The number of anilines is 2. The molecule has 0 radical (unpaired) electrons. The number of hydrogen-bond acceptors (Lipinski definition) is 4. The topological polar surface area (TPSA) is 62.3 Å². The molecule has 0 spiro atoms. The summed E-state index contributed by atoms with van der Waals surface area (Å²) in [5, 5.41) is 3.43. The van der Waals surface area contributed by atoms with Crippen LogP contribution in [0.1, 0.15) is 43.0 Å². The van der Waals surface area contributed by atoms with Crippen molar-refractivity contribution < 1.29 is 9.59 Å². The van der Waals surface area contributed by atoms with Gasteiger partial charge in [0.25, 0.3) is 0 Å². The van der Waals surface area contributed by atoms with Crippen LogP contribution in [0.3, 0.4) is 0 Å². The highest BCUT2D eigenvalue weighted by atomic mass is 32.1. The van der Waals surface area contributed by atoms with Gasteiger partial charge in [-0.05, 0) is 30.9 Å². The Hall–Kier alpha value is -2.21. The fourth-order valence-corrected chi connectivity index (χ4v) is 3.77. The number of rotatable bonds is 5. The van der Waals surface area contributed by atoms with E-state index in [0.717, 1.165) is 22.5 Å². The lowest BCUT2D eigenvalue weighted by molar-refractivity contribution is -0.122. The lowest BCUT2D eigenvalue weighted by Gasteiger charge is -2.23. The molecule has 25 heavy (non-hydrogen) atoms. The van der Waals surface area contributed by atoms with Crippen LogP contribution < -0.4 is 10.2 Å². The third-order valence-corrected chi connectivity index (χ3v) is 5.55. The average molecular weight is 357 g/mol. The second kappa shape index (κ2) is 7.35. The predicted molar refractivity (Wildman–Crippen MR) is 101 cm³/mol. The van der Waals surface area contributed by atoms with Crippen molar-refractivity contribution in [3.63, 3.8) is 0 Å². The largest absolute Gasteiger partial charge is 0.311 e. The van der Waals surface area contributed by atoms with Crippen molar-refractivity contribution in [3.8, 4) is 0 Å². The number of aryl methyl sites for hydroxylation is 1. The van der Waals surface area contributed by atoms with E-state index in [1.807, 2.05) is 25.1 Å². The Morgan fingerprint density at radius 1 is 1.44 bits per heavy atom. The van der Waals surface area contributed by atoms with Gasteiger partial charge in [-0.2, -0.15) is 0 Å². The number of carbonyl (C=O) groups excluding carboxylic acids is 2. The van der Waals surface area contributed by atoms with Gasteiger partial charge in [-0.25, -0.2) is 4.98 Å². The second-order valence-corrected chi connectivity index (χ2v) is 7.77. The number of nitrogens with zero attached hydrogens (tertiary/aromatic N) is 2. The Balaban J connectivity index is 1.76. The Morgan fingerprint density at radius 2 is 2.20 bits per heavy atom. The summed E-state index contributed by atoms with van der Waals surface area (Å²) < 4.78 is 0. The van der Waals surface area contributed by atoms with E-state index in [1.54, 1.807) is 11.1 Å². The van der Waals surface area contributed by atoms with Gasteiger partial charge in [-0.15, -0.1) is 11.3 Å². The number of carbonyl (C=O) groups is 2. The number of hydrogen-bond donors (Lipinski definition) is 1. The van der Waals surface area contributed by atoms with Crippen LogP contribution >= 0.6 is 11.3 Å². The Morgan fingerprint density at radius 3 is 2.88 bits per heavy atom. The molecule has 2 amide bonds. The summed E-state index contributed by atoms with van der Waals surface area (Å²) in [7, 11) is 0. The Bertz CT molecular complexity index is 786. The molecule has 1 aromatic heterocycles. The van der Waals surface area contributed by atoms with Crippen molar-refractivity contribution in [1.29, 1.82) is 0 Å². The average Bonchev–Trinajstić information content (AvgIpc) is 3.19. The van der Waals surface area contributed by atoms with E-state index in [-0.39, 0.29) is 24.2 Å².